The van der Waals surface area contributed by atoms with Crippen LogP contribution in [0, 0.1) is 11.6 Å². The van der Waals surface area contributed by atoms with Crippen molar-refractivity contribution in [1.29, 1.82) is 0 Å². The lowest BCUT2D eigenvalue weighted by Crippen LogP contribution is -2.19. The Bertz CT molecular complexity index is 558. The quantitative estimate of drug-likeness (QED) is 0.877. The van der Waals surface area contributed by atoms with Gasteiger partial charge in [0.05, 0.1) is 6.04 Å². The number of pyridine rings is 1. The van der Waals surface area contributed by atoms with Crippen molar-refractivity contribution in [3.05, 3.63) is 59.3 Å². The molecule has 0 saturated heterocycles. The number of hydrogen-bond acceptors (Lipinski definition) is 3. The monoisotopic (exact) mass is 249 g/mol. The van der Waals surface area contributed by atoms with Crippen LogP contribution in [-0.4, -0.2) is 12.0 Å². The third-order valence-corrected chi connectivity index (χ3v) is 2.75. The van der Waals surface area contributed by atoms with E-state index in [0.717, 1.165) is 17.7 Å². The molecule has 94 valence electrons. The van der Waals surface area contributed by atoms with Crippen molar-refractivity contribution < 1.29 is 8.78 Å². The fourth-order valence-corrected chi connectivity index (χ4v) is 1.87. The maximum atomic E-state index is 13.2. The zero-order valence-corrected chi connectivity index (χ0v) is 9.82. The van der Waals surface area contributed by atoms with E-state index in [1.54, 1.807) is 25.4 Å². The molecule has 1 aromatic heterocycles. The van der Waals surface area contributed by atoms with E-state index in [1.165, 1.54) is 6.07 Å². The number of aromatic nitrogens is 1. The number of rotatable bonds is 3. The fraction of sp³-hybridized carbons (Fsp3) is 0.154. The van der Waals surface area contributed by atoms with Crippen LogP contribution in [0.5, 0.6) is 0 Å². The van der Waals surface area contributed by atoms with Crippen molar-refractivity contribution in [3.8, 4) is 0 Å². The molecule has 0 spiro atoms. The van der Waals surface area contributed by atoms with Crippen LogP contribution in [0.15, 0.2) is 36.5 Å². The van der Waals surface area contributed by atoms with Crippen LogP contribution in [0.1, 0.15) is 17.2 Å². The Morgan fingerprint density at radius 1 is 1.22 bits per heavy atom. The van der Waals surface area contributed by atoms with Gasteiger partial charge in [-0.25, -0.2) is 13.8 Å². The maximum absolute atomic E-state index is 13.2. The van der Waals surface area contributed by atoms with E-state index < -0.39 is 11.6 Å². The summed E-state index contributed by atoms with van der Waals surface area (Å²) < 4.78 is 26.2. The normalized spacial score (nSPS) is 12.4. The minimum absolute atomic E-state index is 0.325. The Labute approximate surface area is 104 Å². The molecule has 3 N–H and O–H groups in total. The predicted molar refractivity (Wildman–Crippen MR) is 65.9 cm³/mol. The summed E-state index contributed by atoms with van der Waals surface area (Å²) in [5, 5.41) is 3.01. The Morgan fingerprint density at radius 3 is 2.61 bits per heavy atom. The lowest BCUT2D eigenvalue weighted by molar-refractivity contribution is 0.505. The van der Waals surface area contributed by atoms with Crippen molar-refractivity contribution in [1.82, 2.24) is 10.3 Å². The number of nitrogens with two attached hydrogens (primary N) is 1. The summed E-state index contributed by atoms with van der Waals surface area (Å²) in [6, 6.07) is 6.99. The van der Waals surface area contributed by atoms with Crippen molar-refractivity contribution >= 4 is 5.82 Å². The molecular formula is C13H13F2N3. The summed E-state index contributed by atoms with van der Waals surface area (Å²) in [4.78, 5) is 3.98. The fourth-order valence-electron chi connectivity index (χ4n) is 1.87. The summed E-state index contributed by atoms with van der Waals surface area (Å²) in [5.74, 6) is -1.38. The zero-order chi connectivity index (χ0) is 13.1. The molecule has 2 aromatic rings. The van der Waals surface area contributed by atoms with Gasteiger partial charge in [0.2, 0.25) is 0 Å². The Morgan fingerprint density at radius 2 is 2.00 bits per heavy atom. The smallest absolute Gasteiger partial charge is 0.159 e. The number of nitrogens with one attached hydrogen (secondary N) is 1. The van der Waals surface area contributed by atoms with Gasteiger partial charge >= 0.3 is 0 Å². The van der Waals surface area contributed by atoms with Crippen LogP contribution in [0.25, 0.3) is 0 Å². The Kier molecular flexibility index (Phi) is 3.53. The molecule has 0 amide bonds. The van der Waals surface area contributed by atoms with Crippen LogP contribution in [0.2, 0.25) is 0 Å². The molecule has 1 heterocycles. The number of anilines is 1. The van der Waals surface area contributed by atoms with Gasteiger partial charge in [0.15, 0.2) is 11.6 Å². The first-order valence-corrected chi connectivity index (χ1v) is 5.46. The van der Waals surface area contributed by atoms with E-state index in [2.05, 4.69) is 10.3 Å². The van der Waals surface area contributed by atoms with Gasteiger partial charge in [-0.15, -0.1) is 0 Å². The molecule has 0 aliphatic rings. The minimum atomic E-state index is -0.879. The van der Waals surface area contributed by atoms with Crippen LogP contribution < -0.4 is 11.1 Å². The highest BCUT2D eigenvalue weighted by molar-refractivity contribution is 5.45. The first kappa shape index (κ1) is 12.4. The summed E-state index contributed by atoms with van der Waals surface area (Å²) in [6.07, 6.45) is 1.58. The Balaban J connectivity index is 2.45. The van der Waals surface area contributed by atoms with Gasteiger partial charge in [0.25, 0.3) is 0 Å². The van der Waals surface area contributed by atoms with E-state index in [-0.39, 0.29) is 6.04 Å². The first-order chi connectivity index (χ1) is 8.63. The van der Waals surface area contributed by atoms with Gasteiger partial charge in [-0.05, 0) is 30.8 Å². The number of nitrogens with zero attached hydrogens (tertiary/aromatic N) is 1. The van der Waals surface area contributed by atoms with Gasteiger partial charge < -0.3 is 11.1 Å². The average Bonchev–Trinajstić information content (AvgIpc) is 2.37. The number of hydrogen-bond donors (Lipinski definition) is 2. The van der Waals surface area contributed by atoms with E-state index in [1.807, 2.05) is 0 Å². The SMILES string of the molecule is CNC(c1ccc(F)c(F)c1)c1cccnc1N. The third kappa shape index (κ3) is 2.31. The maximum Gasteiger partial charge on any atom is 0.159 e. The van der Waals surface area contributed by atoms with E-state index in [0.29, 0.717) is 11.4 Å². The van der Waals surface area contributed by atoms with Gasteiger partial charge in [-0.2, -0.15) is 0 Å². The molecule has 2 rings (SSSR count). The van der Waals surface area contributed by atoms with E-state index in [4.69, 9.17) is 5.73 Å². The highest BCUT2D eigenvalue weighted by atomic mass is 19.2. The summed E-state index contributed by atoms with van der Waals surface area (Å²) in [7, 11) is 1.72. The summed E-state index contributed by atoms with van der Waals surface area (Å²) in [6.45, 7) is 0. The van der Waals surface area contributed by atoms with E-state index in [9.17, 15) is 8.78 Å². The highest BCUT2D eigenvalue weighted by Crippen LogP contribution is 2.25. The van der Waals surface area contributed by atoms with E-state index >= 15 is 0 Å². The molecular weight excluding hydrogens is 236 g/mol. The molecule has 5 heteroatoms. The first-order valence-electron chi connectivity index (χ1n) is 5.46. The van der Waals surface area contributed by atoms with Gasteiger partial charge in [0, 0.05) is 11.8 Å². The van der Waals surface area contributed by atoms with Crippen LogP contribution in [0.4, 0.5) is 14.6 Å². The van der Waals surface area contributed by atoms with Gasteiger partial charge in [0.1, 0.15) is 5.82 Å². The van der Waals surface area contributed by atoms with Crippen molar-refractivity contribution in [2.24, 2.45) is 0 Å². The van der Waals surface area contributed by atoms with Crippen LogP contribution in [-0.2, 0) is 0 Å². The number of nitrogen functional groups attached to an aromatic ring is 1. The molecule has 0 bridgehead atoms. The number of halogens is 2. The van der Waals surface area contributed by atoms with Gasteiger partial charge in [-0.3, -0.25) is 0 Å². The number of benzene rings is 1. The van der Waals surface area contributed by atoms with Crippen LogP contribution >= 0.6 is 0 Å². The topological polar surface area (TPSA) is 50.9 Å². The summed E-state index contributed by atoms with van der Waals surface area (Å²) >= 11 is 0. The standard InChI is InChI=1S/C13H13F2N3/c1-17-12(9-3-2-6-18-13(9)16)8-4-5-10(14)11(15)7-8/h2-7,12,17H,1H3,(H2,16,18). The minimum Gasteiger partial charge on any atom is -0.383 e. The highest BCUT2D eigenvalue weighted by Gasteiger charge is 2.16. The molecule has 18 heavy (non-hydrogen) atoms. The average molecular weight is 249 g/mol. The van der Waals surface area contributed by atoms with Gasteiger partial charge in [-0.1, -0.05) is 12.1 Å². The molecule has 1 unspecified atom stereocenters. The van der Waals surface area contributed by atoms with Crippen LogP contribution in [0.3, 0.4) is 0 Å². The largest absolute Gasteiger partial charge is 0.383 e. The molecule has 0 fully saturated rings. The van der Waals surface area contributed by atoms with Crippen molar-refractivity contribution in [2.45, 2.75) is 6.04 Å². The van der Waals surface area contributed by atoms with Crippen molar-refractivity contribution in [3.63, 3.8) is 0 Å². The molecule has 1 atom stereocenters. The molecule has 0 aliphatic carbocycles. The lowest BCUT2D eigenvalue weighted by Gasteiger charge is -2.18. The second kappa shape index (κ2) is 5.10. The Hall–Kier alpha value is -2.01. The predicted octanol–water partition coefficient (Wildman–Crippen LogP) is 2.25. The third-order valence-electron chi connectivity index (χ3n) is 2.75. The molecule has 1 aromatic carbocycles. The molecule has 0 saturated carbocycles. The second-order valence-corrected chi connectivity index (χ2v) is 3.87. The second-order valence-electron chi connectivity index (χ2n) is 3.87. The molecule has 3 nitrogen and oxygen atoms in total. The van der Waals surface area contributed by atoms with Crippen molar-refractivity contribution in [2.75, 3.05) is 12.8 Å². The lowest BCUT2D eigenvalue weighted by atomic mass is 9.99. The summed E-state index contributed by atoms with van der Waals surface area (Å²) in [5.41, 5.74) is 7.10. The zero-order valence-electron chi connectivity index (χ0n) is 9.82. The molecule has 0 radical (unpaired) electrons. The molecule has 0 aliphatic heterocycles.